The van der Waals surface area contributed by atoms with Crippen LogP contribution in [0.4, 0.5) is 14.5 Å². The molecule has 160 valence electrons. The zero-order valence-corrected chi connectivity index (χ0v) is 17.8. The fraction of sp³-hybridized carbons (Fsp3) is 0.304. The predicted octanol–water partition coefficient (Wildman–Crippen LogP) is 4.44. The normalized spacial score (nSPS) is 14.4. The van der Waals surface area contributed by atoms with Crippen LogP contribution >= 0.6 is 0 Å². The summed E-state index contributed by atoms with van der Waals surface area (Å²) < 4.78 is 34.8. The van der Waals surface area contributed by atoms with Crippen molar-refractivity contribution in [3.8, 4) is 16.8 Å². The van der Waals surface area contributed by atoms with Crippen LogP contribution in [0.2, 0.25) is 0 Å². The number of halogens is 2. The highest BCUT2D eigenvalue weighted by molar-refractivity contribution is 5.97. The molecule has 0 radical (unpaired) electrons. The highest BCUT2D eigenvalue weighted by Crippen LogP contribution is 2.44. The van der Waals surface area contributed by atoms with E-state index in [1.165, 1.54) is 6.07 Å². The van der Waals surface area contributed by atoms with E-state index >= 15 is 8.78 Å². The number of nitrogens with zero attached hydrogens (tertiary/aromatic N) is 4. The Kier molecular flexibility index (Phi) is 4.20. The van der Waals surface area contributed by atoms with Gasteiger partial charge in [0.2, 0.25) is 0 Å². The van der Waals surface area contributed by atoms with Gasteiger partial charge in [0.1, 0.15) is 17.3 Å². The van der Waals surface area contributed by atoms with Crippen LogP contribution in [0, 0.1) is 25.5 Å². The summed E-state index contributed by atoms with van der Waals surface area (Å²) in [6.07, 6.45) is 1.78. The third kappa shape index (κ3) is 2.71. The molecule has 3 heterocycles. The number of aromatic nitrogens is 4. The lowest BCUT2D eigenvalue weighted by molar-refractivity contribution is 0.278. The number of nitrogens with one attached hydrogen (secondary N) is 1. The number of aryl methyl sites for hydroxylation is 2. The maximum Gasteiger partial charge on any atom is 0.162 e. The van der Waals surface area contributed by atoms with Crippen molar-refractivity contribution in [2.75, 3.05) is 11.9 Å². The van der Waals surface area contributed by atoms with Crippen molar-refractivity contribution < 1.29 is 13.9 Å². The number of hydrogen-bond acceptors (Lipinski definition) is 4. The van der Waals surface area contributed by atoms with Gasteiger partial charge in [0.05, 0.1) is 17.8 Å². The molecule has 2 N–H and O–H groups in total. The molecule has 31 heavy (non-hydrogen) atoms. The molecule has 0 fully saturated rings. The second-order valence-corrected chi connectivity index (χ2v) is 8.52. The molecular formula is C23H23F2N5O. The second-order valence-electron chi connectivity index (χ2n) is 8.52. The van der Waals surface area contributed by atoms with Crippen LogP contribution in [-0.4, -0.2) is 31.0 Å². The van der Waals surface area contributed by atoms with Crippen molar-refractivity contribution in [2.45, 2.75) is 39.8 Å². The third-order valence-corrected chi connectivity index (χ3v) is 5.99. The maximum absolute atomic E-state index is 16.1. The topological polar surface area (TPSA) is 67.9 Å². The number of anilines is 1. The molecule has 0 saturated carbocycles. The number of hydrogen-bond donors (Lipinski definition) is 2. The zero-order valence-electron chi connectivity index (χ0n) is 17.8. The number of aliphatic hydroxyl groups is 1. The quantitative estimate of drug-likeness (QED) is 0.511. The molecule has 0 atom stereocenters. The van der Waals surface area contributed by atoms with Crippen molar-refractivity contribution in [3.63, 3.8) is 0 Å². The van der Waals surface area contributed by atoms with Crippen LogP contribution in [-0.2, 0) is 12.1 Å². The van der Waals surface area contributed by atoms with Gasteiger partial charge in [0, 0.05) is 34.8 Å². The largest absolute Gasteiger partial charge is 0.395 e. The summed E-state index contributed by atoms with van der Waals surface area (Å²) >= 11 is 0. The van der Waals surface area contributed by atoms with Crippen LogP contribution in [0.3, 0.4) is 0 Å². The van der Waals surface area contributed by atoms with Gasteiger partial charge >= 0.3 is 0 Å². The highest BCUT2D eigenvalue weighted by Gasteiger charge is 2.37. The summed E-state index contributed by atoms with van der Waals surface area (Å²) in [5.41, 5.74) is 2.33. The molecule has 6 nitrogen and oxygen atoms in total. The standard InChI is InChI=1S/C23H23F2N5O/c1-12-11-15(18-14-7-8-29(9-10-31)17(14)6-5-16(18)24)19(25)21-20(12)26-23(3,4)22-28-27-13(2)30(21)22/h5-8,11,26,31H,9-10H2,1-4H3. The van der Waals surface area contributed by atoms with Crippen LogP contribution in [0.1, 0.15) is 31.1 Å². The van der Waals surface area contributed by atoms with Gasteiger partial charge in [0.15, 0.2) is 11.6 Å². The molecule has 5 rings (SSSR count). The monoisotopic (exact) mass is 423 g/mol. The summed E-state index contributed by atoms with van der Waals surface area (Å²) in [5.74, 6) is 0.126. The van der Waals surface area contributed by atoms with Gasteiger partial charge < -0.3 is 15.0 Å². The summed E-state index contributed by atoms with van der Waals surface area (Å²) in [4.78, 5) is 0. The first-order valence-electron chi connectivity index (χ1n) is 10.2. The van der Waals surface area contributed by atoms with Crippen molar-refractivity contribution in [1.82, 2.24) is 19.3 Å². The van der Waals surface area contributed by atoms with E-state index in [1.807, 2.05) is 25.3 Å². The van der Waals surface area contributed by atoms with Crippen molar-refractivity contribution in [1.29, 1.82) is 0 Å². The van der Waals surface area contributed by atoms with E-state index in [0.29, 0.717) is 35.0 Å². The van der Waals surface area contributed by atoms with Crippen molar-refractivity contribution in [2.24, 2.45) is 0 Å². The SMILES string of the molecule is Cc1cc(-c2c(F)ccc3c2ccn3CCO)c(F)c2c1NC(C)(C)c1nnc(C)n1-2. The Hall–Kier alpha value is -3.26. The van der Waals surface area contributed by atoms with Crippen LogP contribution in [0.15, 0.2) is 30.5 Å². The van der Waals surface area contributed by atoms with E-state index in [1.54, 1.807) is 35.9 Å². The minimum atomic E-state index is -0.542. The number of benzene rings is 2. The lowest BCUT2D eigenvalue weighted by Crippen LogP contribution is -2.37. The molecule has 0 aliphatic carbocycles. The minimum absolute atomic E-state index is 0.0417. The second kappa shape index (κ2) is 6.62. The first kappa shape index (κ1) is 19.7. The Morgan fingerprint density at radius 3 is 2.65 bits per heavy atom. The molecule has 0 saturated heterocycles. The van der Waals surface area contributed by atoms with E-state index in [4.69, 9.17) is 0 Å². The molecule has 0 amide bonds. The van der Waals surface area contributed by atoms with E-state index in [0.717, 1.165) is 11.1 Å². The minimum Gasteiger partial charge on any atom is -0.395 e. The van der Waals surface area contributed by atoms with Gasteiger partial charge in [-0.2, -0.15) is 0 Å². The smallest absolute Gasteiger partial charge is 0.162 e. The average Bonchev–Trinajstić information content (AvgIpc) is 3.30. The zero-order chi connectivity index (χ0) is 22.1. The third-order valence-electron chi connectivity index (χ3n) is 5.99. The molecule has 0 bridgehead atoms. The molecule has 1 aliphatic rings. The van der Waals surface area contributed by atoms with Crippen LogP contribution < -0.4 is 5.32 Å². The molecular weight excluding hydrogens is 400 g/mol. The molecule has 1 aliphatic heterocycles. The van der Waals surface area contributed by atoms with Crippen molar-refractivity contribution in [3.05, 3.63) is 59.3 Å². The summed E-state index contributed by atoms with van der Waals surface area (Å²) in [6, 6.07) is 6.44. The van der Waals surface area contributed by atoms with Gasteiger partial charge in [-0.1, -0.05) is 0 Å². The Labute approximate surface area is 178 Å². The molecule has 0 spiro atoms. The predicted molar refractivity (Wildman–Crippen MR) is 115 cm³/mol. The van der Waals surface area contributed by atoms with E-state index in [-0.39, 0.29) is 17.7 Å². The van der Waals surface area contributed by atoms with E-state index < -0.39 is 17.2 Å². The fourth-order valence-electron chi connectivity index (χ4n) is 4.55. The van der Waals surface area contributed by atoms with Gasteiger partial charge in [-0.3, -0.25) is 4.57 Å². The number of aliphatic hydroxyl groups excluding tert-OH is 1. The Morgan fingerprint density at radius 2 is 1.90 bits per heavy atom. The molecule has 2 aromatic carbocycles. The molecule has 8 heteroatoms. The summed E-state index contributed by atoms with van der Waals surface area (Å²) in [6.45, 7) is 7.92. The van der Waals surface area contributed by atoms with Crippen molar-refractivity contribution >= 4 is 16.6 Å². The van der Waals surface area contributed by atoms with Crippen LogP contribution in [0.5, 0.6) is 0 Å². The highest BCUT2D eigenvalue weighted by atomic mass is 19.1. The Balaban J connectivity index is 1.83. The first-order valence-corrected chi connectivity index (χ1v) is 10.2. The number of fused-ring (bicyclic) bond motifs is 4. The lowest BCUT2D eigenvalue weighted by Gasteiger charge is -2.35. The Bertz CT molecular complexity index is 1350. The molecule has 0 unspecified atom stereocenters. The molecule has 2 aromatic heterocycles. The maximum atomic E-state index is 16.1. The fourth-order valence-corrected chi connectivity index (χ4v) is 4.55. The first-order chi connectivity index (χ1) is 14.7. The number of rotatable bonds is 3. The molecule has 4 aromatic rings. The summed E-state index contributed by atoms with van der Waals surface area (Å²) in [7, 11) is 0. The van der Waals surface area contributed by atoms with Gasteiger partial charge in [-0.05, 0) is 57.5 Å². The van der Waals surface area contributed by atoms with E-state index in [2.05, 4.69) is 15.5 Å². The lowest BCUT2D eigenvalue weighted by atomic mass is 9.93. The summed E-state index contributed by atoms with van der Waals surface area (Å²) in [5, 5.41) is 21.7. The van der Waals surface area contributed by atoms with Gasteiger partial charge in [-0.15, -0.1) is 10.2 Å². The van der Waals surface area contributed by atoms with Gasteiger partial charge in [0.25, 0.3) is 0 Å². The van der Waals surface area contributed by atoms with E-state index in [9.17, 15) is 5.11 Å². The van der Waals surface area contributed by atoms with Crippen LogP contribution in [0.25, 0.3) is 27.7 Å². The van der Waals surface area contributed by atoms with Gasteiger partial charge in [-0.25, -0.2) is 8.78 Å². The average molecular weight is 423 g/mol. The Morgan fingerprint density at radius 1 is 1.13 bits per heavy atom.